The quantitative estimate of drug-likeness (QED) is 0.645. The normalized spacial score (nSPS) is 15.4. The molecule has 0 unspecified atom stereocenters. The molecule has 11 heavy (non-hydrogen) atoms. The van der Waals surface area contributed by atoms with Gasteiger partial charge in [0.2, 0.25) is 0 Å². The Kier molecular flexibility index (Phi) is 1.62. The number of fused-ring (bicyclic) bond motifs is 1. The Hall–Kier alpha value is -0.900. The number of aromatic nitrogens is 3. The SMILES string of the molecule is CNCc1nnc2n1CCC2. The van der Waals surface area contributed by atoms with E-state index in [2.05, 4.69) is 20.1 Å². The molecule has 0 atom stereocenters. The molecule has 0 aromatic carbocycles. The summed E-state index contributed by atoms with van der Waals surface area (Å²) >= 11 is 0. The maximum absolute atomic E-state index is 4.09. The van der Waals surface area contributed by atoms with E-state index in [1.54, 1.807) is 0 Å². The molecular weight excluding hydrogens is 140 g/mol. The van der Waals surface area contributed by atoms with Gasteiger partial charge in [0.05, 0.1) is 6.54 Å². The summed E-state index contributed by atoms with van der Waals surface area (Å²) in [7, 11) is 1.93. The first-order valence-electron chi connectivity index (χ1n) is 3.97. The number of nitrogens with one attached hydrogen (secondary N) is 1. The first-order chi connectivity index (χ1) is 5.42. The van der Waals surface area contributed by atoms with Crippen LogP contribution in [0.1, 0.15) is 18.1 Å². The van der Waals surface area contributed by atoms with Crippen LogP contribution >= 0.6 is 0 Å². The van der Waals surface area contributed by atoms with Crippen molar-refractivity contribution in [1.82, 2.24) is 20.1 Å². The molecular formula is C7H12N4. The highest BCUT2D eigenvalue weighted by molar-refractivity contribution is 4.99. The van der Waals surface area contributed by atoms with Gasteiger partial charge in [-0.2, -0.15) is 0 Å². The standard InChI is InChI=1S/C7H12N4/c1-8-5-7-10-9-6-3-2-4-11(6)7/h8H,2-5H2,1H3. The molecule has 1 aromatic heterocycles. The van der Waals surface area contributed by atoms with Gasteiger partial charge in [0.1, 0.15) is 11.6 Å². The predicted molar refractivity (Wildman–Crippen MR) is 41.1 cm³/mol. The van der Waals surface area contributed by atoms with Crippen molar-refractivity contribution in [1.29, 1.82) is 0 Å². The van der Waals surface area contributed by atoms with Crippen molar-refractivity contribution in [2.75, 3.05) is 7.05 Å². The lowest BCUT2D eigenvalue weighted by Gasteiger charge is -1.99. The second kappa shape index (κ2) is 2.62. The number of nitrogens with zero attached hydrogens (tertiary/aromatic N) is 3. The third-order valence-corrected chi connectivity index (χ3v) is 2.02. The maximum Gasteiger partial charge on any atom is 0.146 e. The third-order valence-electron chi connectivity index (χ3n) is 2.02. The maximum atomic E-state index is 4.09. The van der Waals surface area contributed by atoms with Crippen LogP contribution in [0.25, 0.3) is 0 Å². The van der Waals surface area contributed by atoms with Crippen LogP contribution < -0.4 is 5.32 Å². The molecule has 0 radical (unpaired) electrons. The number of aryl methyl sites for hydroxylation is 1. The van der Waals surface area contributed by atoms with Gasteiger partial charge in [-0.15, -0.1) is 10.2 Å². The average Bonchev–Trinajstić information content (AvgIpc) is 2.53. The van der Waals surface area contributed by atoms with E-state index < -0.39 is 0 Å². The Balaban J connectivity index is 2.27. The highest BCUT2D eigenvalue weighted by atomic mass is 15.3. The van der Waals surface area contributed by atoms with Crippen LogP contribution in [0.15, 0.2) is 0 Å². The topological polar surface area (TPSA) is 42.7 Å². The number of hydrogen-bond donors (Lipinski definition) is 1. The summed E-state index contributed by atoms with van der Waals surface area (Å²) in [6.45, 7) is 1.92. The van der Waals surface area contributed by atoms with Crippen LogP contribution in [0.3, 0.4) is 0 Å². The van der Waals surface area contributed by atoms with Crippen molar-refractivity contribution in [3.63, 3.8) is 0 Å². The van der Waals surface area contributed by atoms with Gasteiger partial charge in [-0.3, -0.25) is 0 Å². The van der Waals surface area contributed by atoms with Crippen LogP contribution in [-0.4, -0.2) is 21.8 Å². The van der Waals surface area contributed by atoms with Gasteiger partial charge in [-0.05, 0) is 13.5 Å². The Morgan fingerprint density at radius 2 is 2.45 bits per heavy atom. The Morgan fingerprint density at radius 3 is 3.27 bits per heavy atom. The average molecular weight is 152 g/mol. The summed E-state index contributed by atoms with van der Waals surface area (Å²) < 4.78 is 2.20. The van der Waals surface area contributed by atoms with E-state index in [1.165, 1.54) is 6.42 Å². The lowest BCUT2D eigenvalue weighted by molar-refractivity contribution is 0.651. The van der Waals surface area contributed by atoms with Gasteiger partial charge in [0.25, 0.3) is 0 Å². The van der Waals surface area contributed by atoms with Crippen LogP contribution in [0.5, 0.6) is 0 Å². The highest BCUT2D eigenvalue weighted by Gasteiger charge is 2.15. The number of rotatable bonds is 2. The fraction of sp³-hybridized carbons (Fsp3) is 0.714. The van der Waals surface area contributed by atoms with Crippen molar-refractivity contribution < 1.29 is 0 Å². The van der Waals surface area contributed by atoms with E-state index in [9.17, 15) is 0 Å². The van der Waals surface area contributed by atoms with Gasteiger partial charge < -0.3 is 9.88 Å². The molecule has 0 saturated heterocycles. The monoisotopic (exact) mass is 152 g/mol. The Labute approximate surface area is 65.6 Å². The first-order valence-corrected chi connectivity index (χ1v) is 3.97. The summed E-state index contributed by atoms with van der Waals surface area (Å²) in [4.78, 5) is 0. The Morgan fingerprint density at radius 1 is 1.55 bits per heavy atom. The smallest absolute Gasteiger partial charge is 0.146 e. The largest absolute Gasteiger partial charge is 0.314 e. The summed E-state index contributed by atoms with van der Waals surface area (Å²) in [6, 6.07) is 0. The van der Waals surface area contributed by atoms with Crippen molar-refractivity contribution in [3.8, 4) is 0 Å². The summed E-state index contributed by atoms with van der Waals surface area (Å²) in [5, 5.41) is 11.2. The molecule has 2 rings (SSSR count). The molecule has 0 saturated carbocycles. The second-order valence-electron chi connectivity index (χ2n) is 2.82. The molecule has 1 aliphatic heterocycles. The molecule has 0 spiro atoms. The van der Waals surface area contributed by atoms with Gasteiger partial charge >= 0.3 is 0 Å². The van der Waals surface area contributed by atoms with Crippen molar-refractivity contribution in [2.24, 2.45) is 0 Å². The molecule has 2 heterocycles. The molecule has 4 heteroatoms. The Bertz CT molecular complexity index is 253. The second-order valence-corrected chi connectivity index (χ2v) is 2.82. The van der Waals surface area contributed by atoms with Crippen LogP contribution in [0, 0.1) is 0 Å². The van der Waals surface area contributed by atoms with E-state index in [0.717, 1.165) is 31.2 Å². The summed E-state index contributed by atoms with van der Waals surface area (Å²) in [5.74, 6) is 2.22. The summed E-state index contributed by atoms with van der Waals surface area (Å²) in [5.41, 5.74) is 0. The molecule has 1 aliphatic rings. The molecule has 1 aromatic rings. The van der Waals surface area contributed by atoms with Crippen LogP contribution in [0.4, 0.5) is 0 Å². The van der Waals surface area contributed by atoms with Gasteiger partial charge in [0.15, 0.2) is 0 Å². The number of hydrogen-bond acceptors (Lipinski definition) is 3. The highest BCUT2D eigenvalue weighted by Crippen LogP contribution is 2.13. The molecule has 60 valence electrons. The zero-order valence-electron chi connectivity index (χ0n) is 6.67. The van der Waals surface area contributed by atoms with E-state index in [1.807, 2.05) is 7.05 Å². The minimum Gasteiger partial charge on any atom is -0.314 e. The zero-order valence-corrected chi connectivity index (χ0v) is 6.67. The van der Waals surface area contributed by atoms with Crippen LogP contribution in [-0.2, 0) is 19.5 Å². The van der Waals surface area contributed by atoms with E-state index in [0.29, 0.717) is 0 Å². The molecule has 1 N–H and O–H groups in total. The van der Waals surface area contributed by atoms with Gasteiger partial charge in [0, 0.05) is 13.0 Å². The van der Waals surface area contributed by atoms with E-state index in [4.69, 9.17) is 0 Å². The first kappa shape index (κ1) is 6.79. The lowest BCUT2D eigenvalue weighted by Crippen LogP contribution is -2.11. The molecule has 4 nitrogen and oxygen atoms in total. The zero-order chi connectivity index (χ0) is 7.68. The summed E-state index contributed by atoms with van der Waals surface area (Å²) in [6.07, 6.45) is 2.32. The fourth-order valence-corrected chi connectivity index (χ4v) is 1.50. The molecule has 0 aliphatic carbocycles. The van der Waals surface area contributed by atoms with Gasteiger partial charge in [-0.25, -0.2) is 0 Å². The minimum atomic E-state index is 0.826. The lowest BCUT2D eigenvalue weighted by atomic mass is 10.4. The van der Waals surface area contributed by atoms with Crippen molar-refractivity contribution in [2.45, 2.75) is 25.9 Å². The third kappa shape index (κ3) is 1.03. The van der Waals surface area contributed by atoms with Gasteiger partial charge in [-0.1, -0.05) is 0 Å². The van der Waals surface area contributed by atoms with E-state index >= 15 is 0 Å². The predicted octanol–water partition coefficient (Wildman–Crippen LogP) is -0.0563. The molecule has 0 fully saturated rings. The molecule has 0 amide bonds. The fourth-order valence-electron chi connectivity index (χ4n) is 1.50. The molecule has 0 bridgehead atoms. The van der Waals surface area contributed by atoms with Crippen molar-refractivity contribution >= 4 is 0 Å². The van der Waals surface area contributed by atoms with E-state index in [-0.39, 0.29) is 0 Å². The van der Waals surface area contributed by atoms with Crippen molar-refractivity contribution in [3.05, 3.63) is 11.6 Å². The minimum absolute atomic E-state index is 0.826. The van der Waals surface area contributed by atoms with Crippen LogP contribution in [0.2, 0.25) is 0 Å².